The third-order valence-electron chi connectivity index (χ3n) is 4.71. The van der Waals surface area contributed by atoms with E-state index in [0.29, 0.717) is 25.1 Å². The SMILES string of the molecule is Cc1ccc(O[C@H]2[C@@H](O)CCCN2C(=O)OCc2ccccc2)cc1C. The van der Waals surface area contributed by atoms with Gasteiger partial charge in [0.15, 0.2) is 0 Å². The summed E-state index contributed by atoms with van der Waals surface area (Å²) < 4.78 is 11.4. The number of carbonyl (C=O) groups excluding carboxylic acids is 1. The number of carbonyl (C=O) groups is 1. The number of amides is 1. The molecule has 1 fully saturated rings. The number of piperidine rings is 1. The molecule has 0 unspecified atom stereocenters. The van der Waals surface area contributed by atoms with E-state index < -0.39 is 18.4 Å². The van der Waals surface area contributed by atoms with Gasteiger partial charge in [0.25, 0.3) is 0 Å². The Morgan fingerprint density at radius 3 is 2.65 bits per heavy atom. The van der Waals surface area contributed by atoms with Gasteiger partial charge in [0.05, 0.1) is 0 Å². The van der Waals surface area contributed by atoms with E-state index in [9.17, 15) is 9.90 Å². The molecule has 26 heavy (non-hydrogen) atoms. The fourth-order valence-electron chi connectivity index (χ4n) is 3.01. The van der Waals surface area contributed by atoms with Crippen LogP contribution in [0.1, 0.15) is 29.5 Å². The van der Waals surface area contributed by atoms with Crippen molar-refractivity contribution in [3.8, 4) is 5.75 Å². The van der Waals surface area contributed by atoms with Gasteiger partial charge in [-0.25, -0.2) is 4.79 Å². The molecule has 0 bridgehead atoms. The highest BCUT2D eigenvalue weighted by Gasteiger charge is 2.36. The van der Waals surface area contributed by atoms with Crippen LogP contribution in [0.4, 0.5) is 4.79 Å². The zero-order valence-corrected chi connectivity index (χ0v) is 15.2. The van der Waals surface area contributed by atoms with Crippen LogP contribution in [0, 0.1) is 13.8 Å². The molecule has 1 amide bonds. The zero-order chi connectivity index (χ0) is 18.5. The number of aliphatic hydroxyl groups excluding tert-OH is 1. The number of nitrogens with zero attached hydrogens (tertiary/aromatic N) is 1. The molecular formula is C21H25NO4. The summed E-state index contributed by atoms with van der Waals surface area (Å²) in [7, 11) is 0. The number of aryl methyl sites for hydroxylation is 2. The van der Waals surface area contributed by atoms with E-state index in [1.54, 1.807) is 0 Å². The van der Waals surface area contributed by atoms with Crippen LogP contribution >= 0.6 is 0 Å². The van der Waals surface area contributed by atoms with Crippen LogP contribution < -0.4 is 4.74 Å². The lowest BCUT2D eigenvalue weighted by molar-refractivity contribution is -0.0838. The van der Waals surface area contributed by atoms with E-state index in [2.05, 4.69) is 0 Å². The number of hydrogen-bond acceptors (Lipinski definition) is 4. The van der Waals surface area contributed by atoms with Crippen LogP contribution in [0.15, 0.2) is 48.5 Å². The van der Waals surface area contributed by atoms with Crippen molar-refractivity contribution in [2.45, 2.75) is 45.6 Å². The molecular weight excluding hydrogens is 330 g/mol. The van der Waals surface area contributed by atoms with E-state index >= 15 is 0 Å². The van der Waals surface area contributed by atoms with E-state index in [-0.39, 0.29) is 6.61 Å². The average molecular weight is 355 g/mol. The lowest BCUT2D eigenvalue weighted by atomic mass is 10.1. The zero-order valence-electron chi connectivity index (χ0n) is 15.2. The Balaban J connectivity index is 1.68. The van der Waals surface area contributed by atoms with Crippen LogP contribution in [-0.4, -0.2) is 35.0 Å². The molecule has 5 nitrogen and oxygen atoms in total. The smallest absolute Gasteiger partial charge is 0.413 e. The van der Waals surface area contributed by atoms with Gasteiger partial charge in [0.1, 0.15) is 18.5 Å². The van der Waals surface area contributed by atoms with Crippen molar-refractivity contribution >= 4 is 6.09 Å². The quantitative estimate of drug-likeness (QED) is 0.906. The standard InChI is InChI=1S/C21H25NO4/c1-15-10-11-18(13-16(15)2)26-20-19(23)9-6-12-22(20)21(24)25-14-17-7-4-3-5-8-17/h3-5,7-8,10-11,13,19-20,23H,6,9,12,14H2,1-2H3/t19-,20-/m0/s1. The molecule has 138 valence electrons. The Bertz CT molecular complexity index is 747. The van der Waals surface area contributed by atoms with E-state index in [1.165, 1.54) is 10.5 Å². The molecule has 0 aromatic heterocycles. The summed E-state index contributed by atoms with van der Waals surface area (Å²) in [4.78, 5) is 14.0. The lowest BCUT2D eigenvalue weighted by Gasteiger charge is -2.37. The Kier molecular flexibility index (Phi) is 5.78. The normalized spacial score (nSPS) is 19.9. The van der Waals surface area contributed by atoms with Crippen molar-refractivity contribution < 1.29 is 19.4 Å². The molecule has 5 heteroatoms. The highest BCUT2D eigenvalue weighted by atomic mass is 16.6. The van der Waals surface area contributed by atoms with Crippen LogP contribution in [-0.2, 0) is 11.3 Å². The van der Waals surface area contributed by atoms with E-state index in [0.717, 1.165) is 11.1 Å². The van der Waals surface area contributed by atoms with Gasteiger partial charge in [0, 0.05) is 6.54 Å². The van der Waals surface area contributed by atoms with Crippen LogP contribution in [0.25, 0.3) is 0 Å². The number of benzene rings is 2. The Morgan fingerprint density at radius 1 is 1.15 bits per heavy atom. The molecule has 0 radical (unpaired) electrons. The molecule has 1 aliphatic rings. The highest BCUT2D eigenvalue weighted by molar-refractivity contribution is 5.68. The van der Waals surface area contributed by atoms with Crippen molar-refractivity contribution in [1.29, 1.82) is 0 Å². The van der Waals surface area contributed by atoms with Crippen LogP contribution in [0.3, 0.4) is 0 Å². The van der Waals surface area contributed by atoms with Crippen molar-refractivity contribution in [2.24, 2.45) is 0 Å². The third kappa shape index (κ3) is 4.35. The Hall–Kier alpha value is -2.53. The van der Waals surface area contributed by atoms with Gasteiger partial charge in [-0.15, -0.1) is 0 Å². The largest absolute Gasteiger partial charge is 0.468 e. The minimum Gasteiger partial charge on any atom is -0.468 e. The van der Waals surface area contributed by atoms with Crippen LogP contribution in [0.2, 0.25) is 0 Å². The molecule has 0 aliphatic carbocycles. The van der Waals surface area contributed by atoms with Gasteiger partial charge < -0.3 is 14.6 Å². The molecule has 1 N–H and O–H groups in total. The molecule has 0 spiro atoms. The molecule has 1 saturated heterocycles. The Morgan fingerprint density at radius 2 is 1.92 bits per heavy atom. The lowest BCUT2D eigenvalue weighted by Crippen LogP contribution is -2.54. The summed E-state index contributed by atoms with van der Waals surface area (Å²) in [6, 6.07) is 15.3. The predicted octanol–water partition coefficient (Wildman–Crippen LogP) is 3.80. The van der Waals surface area contributed by atoms with Crippen molar-refractivity contribution in [3.63, 3.8) is 0 Å². The number of likely N-dealkylation sites (tertiary alicyclic amines) is 1. The van der Waals surface area contributed by atoms with Gasteiger partial charge in [-0.05, 0) is 55.5 Å². The van der Waals surface area contributed by atoms with Crippen molar-refractivity contribution in [2.75, 3.05) is 6.54 Å². The van der Waals surface area contributed by atoms with Gasteiger partial charge in [-0.2, -0.15) is 0 Å². The molecule has 2 atom stereocenters. The maximum Gasteiger partial charge on any atom is 0.413 e. The average Bonchev–Trinajstić information content (AvgIpc) is 2.65. The number of hydrogen-bond donors (Lipinski definition) is 1. The molecule has 2 aromatic carbocycles. The first-order valence-corrected chi connectivity index (χ1v) is 8.94. The second kappa shape index (κ2) is 8.23. The third-order valence-corrected chi connectivity index (χ3v) is 4.71. The highest BCUT2D eigenvalue weighted by Crippen LogP contribution is 2.24. The van der Waals surface area contributed by atoms with Gasteiger partial charge in [-0.1, -0.05) is 36.4 Å². The van der Waals surface area contributed by atoms with Gasteiger partial charge in [-0.3, -0.25) is 4.90 Å². The number of rotatable bonds is 4. The minimum atomic E-state index is -0.742. The predicted molar refractivity (Wildman–Crippen MR) is 98.9 cm³/mol. The molecule has 2 aromatic rings. The summed E-state index contributed by atoms with van der Waals surface area (Å²) in [5.41, 5.74) is 3.19. The second-order valence-corrected chi connectivity index (χ2v) is 6.70. The second-order valence-electron chi connectivity index (χ2n) is 6.70. The molecule has 3 rings (SSSR count). The summed E-state index contributed by atoms with van der Waals surface area (Å²) >= 11 is 0. The number of aliphatic hydroxyl groups is 1. The maximum absolute atomic E-state index is 12.6. The molecule has 0 saturated carbocycles. The monoisotopic (exact) mass is 355 g/mol. The fraction of sp³-hybridized carbons (Fsp3) is 0.381. The summed E-state index contributed by atoms with van der Waals surface area (Å²) in [5, 5.41) is 10.4. The van der Waals surface area contributed by atoms with Gasteiger partial charge >= 0.3 is 6.09 Å². The van der Waals surface area contributed by atoms with Crippen molar-refractivity contribution in [1.82, 2.24) is 4.90 Å². The number of ether oxygens (including phenoxy) is 2. The summed E-state index contributed by atoms with van der Waals surface area (Å²) in [6.07, 6.45) is -0.642. The first kappa shape index (κ1) is 18.3. The van der Waals surface area contributed by atoms with Gasteiger partial charge in [0.2, 0.25) is 6.23 Å². The molecule has 1 aliphatic heterocycles. The summed E-state index contributed by atoms with van der Waals surface area (Å²) in [5.74, 6) is 0.639. The minimum absolute atomic E-state index is 0.197. The first-order valence-electron chi connectivity index (χ1n) is 8.94. The van der Waals surface area contributed by atoms with Crippen molar-refractivity contribution in [3.05, 3.63) is 65.2 Å². The fourth-order valence-corrected chi connectivity index (χ4v) is 3.01. The molecule has 1 heterocycles. The van der Waals surface area contributed by atoms with E-state index in [1.807, 2.05) is 62.4 Å². The summed E-state index contributed by atoms with van der Waals surface area (Å²) in [6.45, 7) is 4.73. The maximum atomic E-state index is 12.6. The van der Waals surface area contributed by atoms with E-state index in [4.69, 9.17) is 9.47 Å². The first-order chi connectivity index (χ1) is 12.5. The van der Waals surface area contributed by atoms with Crippen LogP contribution in [0.5, 0.6) is 5.75 Å². The topological polar surface area (TPSA) is 59.0 Å². The Labute approximate surface area is 154 Å².